The van der Waals surface area contributed by atoms with E-state index in [9.17, 15) is 10.0 Å². The Hall–Kier alpha value is -1.14. The van der Waals surface area contributed by atoms with Crippen LogP contribution in [-0.2, 0) is 11.2 Å². The summed E-state index contributed by atoms with van der Waals surface area (Å²) >= 11 is 4.54. The summed E-state index contributed by atoms with van der Waals surface area (Å²) in [5.41, 5.74) is 0.694. The third-order valence-electron chi connectivity index (χ3n) is 2.32. The number of para-hydroxylation sites is 1. The molecule has 0 aliphatic heterocycles. The van der Waals surface area contributed by atoms with E-state index >= 15 is 0 Å². The number of nitrogens with one attached hydrogen (secondary N) is 1. The molecule has 1 amide bonds. The van der Waals surface area contributed by atoms with Gasteiger partial charge in [0.15, 0.2) is 0 Å². The first-order valence-corrected chi connectivity index (χ1v) is 7.09. The summed E-state index contributed by atoms with van der Waals surface area (Å²) in [5, 5.41) is 15.6. The fourth-order valence-electron chi connectivity index (χ4n) is 1.52. The molecule has 0 spiro atoms. The first-order valence-electron chi connectivity index (χ1n) is 5.15. The maximum absolute atomic E-state index is 11.9. The van der Waals surface area contributed by atoms with Gasteiger partial charge in [0.25, 0.3) is 5.01 Å². The van der Waals surface area contributed by atoms with Crippen LogP contribution >= 0.6 is 27.3 Å². The van der Waals surface area contributed by atoms with E-state index < -0.39 is 0 Å². The van der Waals surface area contributed by atoms with Gasteiger partial charge >= 0.3 is 0 Å². The van der Waals surface area contributed by atoms with E-state index in [-0.39, 0.29) is 11.2 Å². The summed E-state index contributed by atoms with van der Waals surface area (Å²) in [6.07, 6.45) is 0.557. The molecule has 0 atom stereocenters. The molecule has 6 heteroatoms. The lowest BCUT2D eigenvalue weighted by Crippen LogP contribution is -2.33. The lowest BCUT2D eigenvalue weighted by Gasteiger charge is -2.01. The number of carbonyl (C=O) groups excluding carboxylic acids is 1. The van der Waals surface area contributed by atoms with Crippen LogP contribution in [0.2, 0.25) is 0 Å². The highest BCUT2D eigenvalue weighted by Crippen LogP contribution is 2.19. The van der Waals surface area contributed by atoms with Crippen molar-refractivity contribution in [1.82, 2.24) is 5.32 Å². The van der Waals surface area contributed by atoms with E-state index in [1.54, 1.807) is 6.07 Å². The summed E-state index contributed by atoms with van der Waals surface area (Å²) in [4.78, 5) is 11.0. The maximum atomic E-state index is 11.9. The molecule has 1 aromatic heterocycles. The Balaban J connectivity index is 2.09. The number of amides is 1. The molecule has 0 unspecified atom stereocenters. The number of hydrogen-bond donors (Lipinski definition) is 1. The molecular formula is C11H11BrN2O2S. The molecule has 0 saturated carbocycles. The molecule has 17 heavy (non-hydrogen) atoms. The van der Waals surface area contributed by atoms with Crippen molar-refractivity contribution in [2.45, 2.75) is 6.42 Å². The third-order valence-corrected chi connectivity index (χ3v) is 4.00. The van der Waals surface area contributed by atoms with Crippen molar-refractivity contribution in [3.63, 3.8) is 0 Å². The van der Waals surface area contributed by atoms with Gasteiger partial charge in [0.1, 0.15) is 4.70 Å². The van der Waals surface area contributed by atoms with Crippen molar-refractivity contribution in [1.29, 1.82) is 0 Å². The van der Waals surface area contributed by atoms with E-state index in [0.29, 0.717) is 18.5 Å². The summed E-state index contributed by atoms with van der Waals surface area (Å²) < 4.78 is 1.92. The van der Waals surface area contributed by atoms with Crippen LogP contribution in [0.4, 0.5) is 0 Å². The second-order valence-corrected chi connectivity index (χ2v) is 5.17. The fourth-order valence-corrected chi connectivity index (χ4v) is 2.76. The maximum Gasteiger partial charge on any atom is 0.251 e. The van der Waals surface area contributed by atoms with Gasteiger partial charge in [0.2, 0.25) is 11.4 Å². The van der Waals surface area contributed by atoms with Gasteiger partial charge in [-0.2, -0.15) is 4.73 Å². The van der Waals surface area contributed by atoms with Gasteiger partial charge < -0.3 is 10.5 Å². The molecule has 1 N–H and O–H groups in total. The quantitative estimate of drug-likeness (QED) is 0.529. The Morgan fingerprint density at radius 1 is 1.47 bits per heavy atom. The number of halogens is 1. The van der Waals surface area contributed by atoms with Gasteiger partial charge in [-0.15, -0.1) is 0 Å². The van der Waals surface area contributed by atoms with Crippen LogP contribution in [0.3, 0.4) is 0 Å². The van der Waals surface area contributed by atoms with E-state index in [1.165, 1.54) is 11.3 Å². The normalized spacial score (nSPS) is 10.6. The number of hydrogen-bond acceptors (Lipinski definition) is 3. The largest absolute Gasteiger partial charge is 0.617 e. The summed E-state index contributed by atoms with van der Waals surface area (Å²) in [7, 11) is 0. The molecule has 0 bridgehead atoms. The average Bonchev–Trinajstić information content (AvgIpc) is 2.67. The molecule has 0 aliphatic rings. The Morgan fingerprint density at radius 3 is 2.94 bits per heavy atom. The molecular weight excluding hydrogens is 304 g/mol. The molecule has 2 rings (SSSR count). The number of rotatable bonds is 4. The first-order chi connectivity index (χ1) is 8.22. The van der Waals surface area contributed by atoms with E-state index in [0.717, 1.165) is 14.4 Å². The number of alkyl halides is 1. The molecule has 0 saturated heterocycles. The summed E-state index contributed by atoms with van der Waals surface area (Å²) in [6.45, 7) is 0.486. The molecule has 0 aliphatic carbocycles. The lowest BCUT2D eigenvalue weighted by atomic mass is 10.3. The number of carbonyl (C=O) groups is 1. The van der Waals surface area contributed by atoms with Crippen LogP contribution in [-0.4, -0.2) is 17.8 Å². The summed E-state index contributed by atoms with van der Waals surface area (Å²) in [5.74, 6) is -0.0661. The van der Waals surface area contributed by atoms with Gasteiger partial charge in [-0.1, -0.05) is 39.4 Å². The zero-order valence-corrected chi connectivity index (χ0v) is 11.4. The highest BCUT2D eigenvalue weighted by molar-refractivity contribution is 9.09. The second-order valence-electron chi connectivity index (χ2n) is 3.49. The van der Waals surface area contributed by atoms with Gasteiger partial charge in [0.05, 0.1) is 11.8 Å². The predicted octanol–water partition coefficient (Wildman–Crippen LogP) is 1.59. The van der Waals surface area contributed by atoms with Crippen LogP contribution in [0, 0.1) is 5.21 Å². The minimum atomic E-state index is -0.0661. The van der Waals surface area contributed by atoms with Crippen LogP contribution in [0.5, 0.6) is 0 Å². The highest BCUT2D eigenvalue weighted by Gasteiger charge is 2.14. The van der Waals surface area contributed by atoms with Gasteiger partial charge in [-0.05, 0) is 6.07 Å². The highest BCUT2D eigenvalue weighted by atomic mass is 79.9. The van der Waals surface area contributed by atoms with Crippen LogP contribution < -0.4 is 10.0 Å². The number of aromatic nitrogens is 1. The first kappa shape index (κ1) is 12.3. The van der Waals surface area contributed by atoms with Crippen LogP contribution in [0.1, 0.15) is 5.01 Å². The summed E-state index contributed by atoms with van der Waals surface area (Å²) in [6, 6.07) is 7.49. The van der Waals surface area contributed by atoms with E-state index in [4.69, 9.17) is 0 Å². The van der Waals surface area contributed by atoms with Crippen LogP contribution in [0.25, 0.3) is 10.2 Å². The molecule has 90 valence electrons. The zero-order chi connectivity index (χ0) is 12.3. The Morgan fingerprint density at radius 2 is 2.24 bits per heavy atom. The van der Waals surface area contributed by atoms with Crippen LogP contribution in [0.15, 0.2) is 24.3 Å². The van der Waals surface area contributed by atoms with E-state index in [2.05, 4.69) is 21.2 Å². The van der Waals surface area contributed by atoms with Gasteiger partial charge in [0, 0.05) is 12.6 Å². The number of fused-ring (bicyclic) bond motifs is 1. The molecule has 0 radical (unpaired) electrons. The van der Waals surface area contributed by atoms with Gasteiger partial charge in [-0.25, -0.2) is 0 Å². The standard InChI is InChI=1S/C11H11BrN2O2S/c12-7-10(15)13-6-5-11-14(16)8-3-1-2-4-9(8)17-11/h1-4H,5-7H2,(H,13,15). The number of nitrogens with zero attached hydrogens (tertiary/aromatic N) is 1. The Labute approximate surface area is 111 Å². The Bertz CT molecular complexity index is 541. The smallest absolute Gasteiger partial charge is 0.251 e. The SMILES string of the molecule is O=C(CBr)NCCc1sc2ccccc2[n+]1[O-]. The molecule has 2 aromatic rings. The average molecular weight is 315 g/mol. The van der Waals surface area contributed by atoms with Crippen molar-refractivity contribution < 1.29 is 9.52 Å². The number of benzene rings is 1. The lowest BCUT2D eigenvalue weighted by molar-refractivity contribution is -0.580. The fraction of sp³-hybridized carbons (Fsp3) is 0.273. The van der Waals surface area contributed by atoms with Crippen molar-refractivity contribution in [3.8, 4) is 0 Å². The molecule has 1 heterocycles. The number of thiazole rings is 1. The topological polar surface area (TPSA) is 56.0 Å². The van der Waals surface area contributed by atoms with Crippen molar-refractivity contribution >= 4 is 43.4 Å². The zero-order valence-electron chi connectivity index (χ0n) is 8.98. The molecule has 1 aromatic carbocycles. The minimum Gasteiger partial charge on any atom is -0.617 e. The minimum absolute atomic E-state index is 0.0661. The van der Waals surface area contributed by atoms with Crippen molar-refractivity contribution in [2.75, 3.05) is 11.9 Å². The Kier molecular flexibility index (Phi) is 3.96. The van der Waals surface area contributed by atoms with E-state index in [1.807, 2.05) is 18.2 Å². The molecule has 4 nitrogen and oxygen atoms in total. The third kappa shape index (κ3) is 2.76. The second kappa shape index (κ2) is 5.46. The molecule has 0 fully saturated rings. The monoisotopic (exact) mass is 314 g/mol. The van der Waals surface area contributed by atoms with Gasteiger partial charge in [-0.3, -0.25) is 4.79 Å². The van der Waals surface area contributed by atoms with Crippen molar-refractivity contribution in [3.05, 3.63) is 34.5 Å². The van der Waals surface area contributed by atoms with Crippen molar-refractivity contribution in [2.24, 2.45) is 0 Å². The predicted molar refractivity (Wildman–Crippen MR) is 71.3 cm³/mol.